The van der Waals surface area contributed by atoms with E-state index in [1.54, 1.807) is 33.5 Å². The van der Waals surface area contributed by atoms with E-state index >= 15 is 0 Å². The second kappa shape index (κ2) is 10.3. The molecule has 6 heteroatoms. The molecule has 0 aliphatic carbocycles. The molecule has 0 unspecified atom stereocenters. The highest BCUT2D eigenvalue weighted by atomic mass is 16.5. The SMILES string of the molecule is COc1cc(C(=O)CCN2CCN(Cc3ccccc3)CC2)cc(OC)c1OC. The average molecular weight is 399 g/mol. The fraction of sp³-hybridized carbons (Fsp3) is 0.435. The number of nitrogens with zero attached hydrogens (tertiary/aromatic N) is 2. The van der Waals surface area contributed by atoms with Gasteiger partial charge in [-0.15, -0.1) is 0 Å². The maximum absolute atomic E-state index is 12.7. The first-order valence-electron chi connectivity index (χ1n) is 9.96. The molecule has 0 radical (unpaired) electrons. The van der Waals surface area contributed by atoms with Crippen molar-refractivity contribution in [1.82, 2.24) is 9.80 Å². The van der Waals surface area contributed by atoms with Crippen LogP contribution in [0.5, 0.6) is 17.2 Å². The fourth-order valence-corrected chi connectivity index (χ4v) is 3.66. The fourth-order valence-electron chi connectivity index (χ4n) is 3.66. The molecule has 1 saturated heterocycles. The highest BCUT2D eigenvalue weighted by Crippen LogP contribution is 2.38. The van der Waals surface area contributed by atoms with Gasteiger partial charge in [0.05, 0.1) is 21.3 Å². The summed E-state index contributed by atoms with van der Waals surface area (Å²) in [4.78, 5) is 17.6. The smallest absolute Gasteiger partial charge is 0.203 e. The number of rotatable bonds is 9. The molecule has 0 atom stereocenters. The van der Waals surface area contributed by atoms with Gasteiger partial charge in [0.2, 0.25) is 5.75 Å². The maximum atomic E-state index is 12.7. The summed E-state index contributed by atoms with van der Waals surface area (Å²) >= 11 is 0. The summed E-state index contributed by atoms with van der Waals surface area (Å²) in [5.41, 5.74) is 1.93. The number of methoxy groups -OCH3 is 3. The zero-order chi connectivity index (χ0) is 20.6. The van der Waals surface area contributed by atoms with Gasteiger partial charge in [0.1, 0.15) is 0 Å². The van der Waals surface area contributed by atoms with Crippen molar-refractivity contribution in [2.75, 3.05) is 54.1 Å². The molecule has 0 amide bonds. The molecule has 2 aromatic rings. The Hall–Kier alpha value is -2.57. The topological polar surface area (TPSA) is 51.2 Å². The third-order valence-corrected chi connectivity index (χ3v) is 5.36. The zero-order valence-corrected chi connectivity index (χ0v) is 17.5. The summed E-state index contributed by atoms with van der Waals surface area (Å²) in [7, 11) is 4.67. The number of piperazine rings is 1. The number of hydrogen-bond acceptors (Lipinski definition) is 6. The van der Waals surface area contributed by atoms with Crippen molar-refractivity contribution in [3.8, 4) is 17.2 Å². The van der Waals surface area contributed by atoms with Gasteiger partial charge in [-0.1, -0.05) is 30.3 Å². The number of benzene rings is 2. The van der Waals surface area contributed by atoms with Crippen LogP contribution in [0.2, 0.25) is 0 Å². The predicted molar refractivity (Wildman–Crippen MR) is 113 cm³/mol. The minimum Gasteiger partial charge on any atom is -0.493 e. The highest BCUT2D eigenvalue weighted by molar-refractivity contribution is 5.97. The monoisotopic (exact) mass is 398 g/mol. The maximum Gasteiger partial charge on any atom is 0.203 e. The molecule has 1 fully saturated rings. The van der Waals surface area contributed by atoms with Gasteiger partial charge < -0.3 is 19.1 Å². The van der Waals surface area contributed by atoms with Crippen LogP contribution in [0.4, 0.5) is 0 Å². The van der Waals surface area contributed by atoms with Gasteiger partial charge in [-0.2, -0.15) is 0 Å². The molecular weight excluding hydrogens is 368 g/mol. The van der Waals surface area contributed by atoms with E-state index in [-0.39, 0.29) is 5.78 Å². The third kappa shape index (κ3) is 5.49. The van der Waals surface area contributed by atoms with Crippen LogP contribution in [-0.2, 0) is 6.54 Å². The molecule has 1 aliphatic rings. The first-order chi connectivity index (χ1) is 14.1. The Labute approximate surface area is 173 Å². The molecule has 2 aromatic carbocycles. The van der Waals surface area contributed by atoms with Crippen molar-refractivity contribution in [3.63, 3.8) is 0 Å². The molecule has 3 rings (SSSR count). The molecule has 0 bridgehead atoms. The van der Waals surface area contributed by atoms with Crippen molar-refractivity contribution >= 4 is 5.78 Å². The van der Waals surface area contributed by atoms with Crippen molar-refractivity contribution in [1.29, 1.82) is 0 Å². The van der Waals surface area contributed by atoms with Crippen LogP contribution in [0.15, 0.2) is 42.5 Å². The van der Waals surface area contributed by atoms with E-state index in [0.29, 0.717) is 29.2 Å². The summed E-state index contributed by atoms with van der Waals surface area (Å²) in [5.74, 6) is 1.59. The van der Waals surface area contributed by atoms with Crippen LogP contribution < -0.4 is 14.2 Å². The summed E-state index contributed by atoms with van der Waals surface area (Å²) in [6.07, 6.45) is 0.470. The van der Waals surface area contributed by atoms with E-state index in [2.05, 4.69) is 34.1 Å². The van der Waals surface area contributed by atoms with E-state index in [4.69, 9.17) is 14.2 Å². The van der Waals surface area contributed by atoms with Gasteiger partial charge >= 0.3 is 0 Å². The number of carbonyl (C=O) groups excluding carboxylic acids is 1. The number of ketones is 1. The van der Waals surface area contributed by atoms with Crippen LogP contribution in [0.25, 0.3) is 0 Å². The third-order valence-electron chi connectivity index (χ3n) is 5.36. The Morgan fingerprint density at radius 2 is 1.45 bits per heavy atom. The van der Waals surface area contributed by atoms with E-state index in [1.807, 2.05) is 6.07 Å². The Morgan fingerprint density at radius 1 is 0.862 bits per heavy atom. The molecule has 0 N–H and O–H groups in total. The van der Waals surface area contributed by atoms with E-state index in [0.717, 1.165) is 39.3 Å². The molecule has 1 heterocycles. The van der Waals surface area contributed by atoms with Crippen molar-refractivity contribution in [3.05, 3.63) is 53.6 Å². The van der Waals surface area contributed by atoms with Crippen molar-refractivity contribution < 1.29 is 19.0 Å². The minimum atomic E-state index is 0.0796. The van der Waals surface area contributed by atoms with Crippen molar-refractivity contribution in [2.24, 2.45) is 0 Å². The first-order valence-corrected chi connectivity index (χ1v) is 9.96. The number of Topliss-reactive ketones (excluding diaryl/α,β-unsaturated/α-hetero) is 1. The number of carbonyl (C=O) groups is 1. The summed E-state index contributed by atoms with van der Waals surface area (Å²) in [6, 6.07) is 14.0. The Balaban J connectivity index is 1.51. The van der Waals surface area contributed by atoms with Gasteiger partial charge in [-0.05, 0) is 17.7 Å². The van der Waals surface area contributed by atoms with Crippen LogP contribution in [0.1, 0.15) is 22.3 Å². The summed E-state index contributed by atoms with van der Waals surface area (Å²) in [6.45, 7) is 5.75. The Bertz CT molecular complexity index is 777. The quantitative estimate of drug-likeness (QED) is 0.605. The molecule has 0 aromatic heterocycles. The highest BCUT2D eigenvalue weighted by Gasteiger charge is 2.20. The lowest BCUT2D eigenvalue weighted by molar-refractivity contribution is 0.0922. The van der Waals surface area contributed by atoms with Crippen molar-refractivity contribution in [2.45, 2.75) is 13.0 Å². The molecule has 1 aliphatic heterocycles. The second-order valence-electron chi connectivity index (χ2n) is 7.19. The second-order valence-corrected chi connectivity index (χ2v) is 7.19. The zero-order valence-electron chi connectivity index (χ0n) is 17.5. The Morgan fingerprint density at radius 3 is 2.00 bits per heavy atom. The lowest BCUT2D eigenvalue weighted by Crippen LogP contribution is -2.46. The summed E-state index contributed by atoms with van der Waals surface area (Å²) in [5, 5.41) is 0. The van der Waals surface area contributed by atoms with Crippen LogP contribution in [0, 0.1) is 0 Å². The van der Waals surface area contributed by atoms with Crippen LogP contribution in [-0.4, -0.2) is 69.6 Å². The molecule has 29 heavy (non-hydrogen) atoms. The lowest BCUT2D eigenvalue weighted by atomic mass is 10.1. The van der Waals surface area contributed by atoms with Gasteiger partial charge in [0, 0.05) is 51.3 Å². The lowest BCUT2D eigenvalue weighted by Gasteiger charge is -2.34. The normalized spacial score (nSPS) is 15.1. The molecule has 156 valence electrons. The van der Waals surface area contributed by atoms with Gasteiger partial charge in [-0.25, -0.2) is 0 Å². The summed E-state index contributed by atoms with van der Waals surface area (Å²) < 4.78 is 16.0. The standard InChI is InChI=1S/C23H30N2O4/c1-27-21-15-19(16-22(28-2)23(21)29-3)20(26)9-10-24-11-13-25(14-12-24)17-18-7-5-4-6-8-18/h4-8,15-16H,9-14,17H2,1-3H3. The number of hydrogen-bond donors (Lipinski definition) is 0. The predicted octanol–water partition coefficient (Wildman–Crippen LogP) is 3.10. The average Bonchev–Trinajstić information content (AvgIpc) is 2.78. The Kier molecular flexibility index (Phi) is 7.49. The molecule has 6 nitrogen and oxygen atoms in total. The molecule has 0 saturated carbocycles. The first kappa shape index (κ1) is 21.1. The van der Waals surface area contributed by atoms with Gasteiger partial charge in [-0.3, -0.25) is 9.69 Å². The minimum absolute atomic E-state index is 0.0796. The van der Waals surface area contributed by atoms with E-state index < -0.39 is 0 Å². The van der Waals surface area contributed by atoms with E-state index in [1.165, 1.54) is 5.56 Å². The molecule has 0 spiro atoms. The largest absolute Gasteiger partial charge is 0.493 e. The molecular formula is C23H30N2O4. The number of ether oxygens (including phenoxy) is 3. The van der Waals surface area contributed by atoms with E-state index in [9.17, 15) is 4.79 Å². The van der Waals surface area contributed by atoms with Gasteiger partial charge in [0.25, 0.3) is 0 Å². The van der Waals surface area contributed by atoms with Crippen LogP contribution >= 0.6 is 0 Å². The van der Waals surface area contributed by atoms with Crippen LogP contribution in [0.3, 0.4) is 0 Å². The van der Waals surface area contributed by atoms with Gasteiger partial charge in [0.15, 0.2) is 17.3 Å².